The Kier molecular flexibility index (Phi) is 34.7. The monoisotopic (exact) mass is 1050 g/mol. The number of ether oxygens (including phenoxy) is 7. The first-order chi connectivity index (χ1) is 33.7. The van der Waals surface area contributed by atoms with Crippen molar-refractivity contribution in [1.82, 2.24) is 31.5 Å². The summed E-state index contributed by atoms with van der Waals surface area (Å²) in [6.07, 6.45) is 11.7. The molecule has 396 valence electrons. The maximum absolute atomic E-state index is 12.1. The average Bonchev–Trinajstić information content (AvgIpc) is 4.16. The summed E-state index contributed by atoms with van der Waals surface area (Å²) in [5.41, 5.74) is 0. The number of rotatable bonds is 38. The number of amides is 7. The first-order valence-electron chi connectivity index (χ1n) is 24.6. The summed E-state index contributed by atoms with van der Waals surface area (Å²) in [6.45, 7) is 10.6. The average molecular weight is 1050 g/mol. The van der Waals surface area contributed by atoms with E-state index in [0.29, 0.717) is 122 Å². The molecule has 0 aromatic rings. The van der Waals surface area contributed by atoms with Gasteiger partial charge in [0, 0.05) is 84.7 Å². The molecule has 5 heterocycles. The van der Waals surface area contributed by atoms with Crippen molar-refractivity contribution in [1.29, 1.82) is 0 Å². The van der Waals surface area contributed by atoms with Crippen LogP contribution < -0.4 is 26.6 Å². The molecule has 5 aliphatic rings. The second kappa shape index (κ2) is 39.2. The van der Waals surface area contributed by atoms with E-state index in [4.69, 9.17) is 33.2 Å². The maximum Gasteiger partial charge on any atom is 0.315 e. The molecule has 0 saturated carbocycles. The van der Waals surface area contributed by atoms with Crippen LogP contribution in [0.25, 0.3) is 0 Å². The second-order valence-electron chi connectivity index (χ2n) is 16.6. The number of carbonyl (C=O) groups is 6. The number of imide groups is 1. The molecule has 0 aromatic carbocycles. The van der Waals surface area contributed by atoms with E-state index in [9.17, 15) is 28.8 Å². The topological polar surface area (TPSA) is 230 Å². The van der Waals surface area contributed by atoms with Gasteiger partial charge in [-0.1, -0.05) is 19.8 Å². The van der Waals surface area contributed by atoms with E-state index < -0.39 is 0 Å². The molecule has 0 unspecified atom stereocenters. The third kappa shape index (κ3) is 27.4. The van der Waals surface area contributed by atoms with E-state index >= 15 is 0 Å². The van der Waals surface area contributed by atoms with Gasteiger partial charge in [0.1, 0.15) is 5.78 Å². The molecule has 5 aliphatic heterocycles. The normalized spacial score (nSPS) is 22.0. The molecule has 5 rings (SSSR count). The van der Waals surface area contributed by atoms with E-state index in [0.717, 1.165) is 85.9 Å². The zero-order valence-electron chi connectivity index (χ0n) is 40.5. The minimum atomic E-state index is -0.280. The fourth-order valence-electron chi connectivity index (χ4n) is 7.70. The fourth-order valence-corrected chi connectivity index (χ4v) is 11.0. The van der Waals surface area contributed by atoms with Crippen LogP contribution in [-0.2, 0) is 52.3 Å². The lowest BCUT2D eigenvalue weighted by Crippen LogP contribution is -2.36. The molecular weight excluding hydrogens is 973 g/mol. The Morgan fingerprint density at radius 2 is 1.03 bits per heavy atom. The Bertz CT molecular complexity index is 1420. The van der Waals surface area contributed by atoms with Crippen LogP contribution in [0.15, 0.2) is 12.2 Å². The van der Waals surface area contributed by atoms with Crippen LogP contribution in [-0.4, -0.2) is 204 Å². The number of nitrogens with one attached hydrogen (secondary N) is 5. The molecular formula is C46H80N6O13S4. The molecule has 0 spiro atoms. The number of thiol groups is 2. The van der Waals surface area contributed by atoms with Gasteiger partial charge in [0.15, 0.2) is 0 Å². The van der Waals surface area contributed by atoms with Crippen molar-refractivity contribution < 1.29 is 61.9 Å². The molecule has 0 aromatic heterocycles. The van der Waals surface area contributed by atoms with Gasteiger partial charge >= 0.3 is 12.1 Å². The van der Waals surface area contributed by atoms with Crippen LogP contribution in [0.2, 0.25) is 0 Å². The van der Waals surface area contributed by atoms with Gasteiger partial charge in [0.25, 0.3) is 11.8 Å². The number of ketones is 1. The molecule has 4 saturated heterocycles. The number of Topliss-reactive ketones (excluding diaryl/α,β-unsaturated/α-hetero) is 1. The number of hydrogen-bond donors (Lipinski definition) is 7. The summed E-state index contributed by atoms with van der Waals surface area (Å²) in [7, 11) is 0. The first kappa shape index (κ1) is 61.0. The number of fused-ring (bicyclic) bond motifs is 2. The van der Waals surface area contributed by atoms with Crippen molar-refractivity contribution >= 4 is 84.3 Å². The van der Waals surface area contributed by atoms with Gasteiger partial charge in [0.05, 0.1) is 110 Å². The number of urea groups is 2. The van der Waals surface area contributed by atoms with E-state index in [1.165, 1.54) is 12.2 Å². The van der Waals surface area contributed by atoms with Gasteiger partial charge in [-0.3, -0.25) is 24.1 Å². The fraction of sp³-hybridized carbons (Fsp3) is 0.826. The smallest absolute Gasteiger partial charge is 0.315 e. The lowest BCUT2D eigenvalue weighted by atomic mass is 10.0. The first-order valence-corrected chi connectivity index (χ1v) is 28.0. The largest absolute Gasteiger partial charge is 0.379 e. The lowest BCUT2D eigenvalue weighted by Gasteiger charge is -2.16. The van der Waals surface area contributed by atoms with Gasteiger partial charge < -0.3 is 59.7 Å². The summed E-state index contributed by atoms with van der Waals surface area (Å²) in [5, 5.41) is 15.7. The minimum Gasteiger partial charge on any atom is -0.379 e. The van der Waals surface area contributed by atoms with Gasteiger partial charge in [-0.05, 0) is 38.5 Å². The highest BCUT2D eigenvalue weighted by Gasteiger charge is 2.43. The zero-order chi connectivity index (χ0) is 49.7. The summed E-state index contributed by atoms with van der Waals surface area (Å²) in [5.74, 6) is 3.24. The molecule has 69 heavy (non-hydrogen) atoms. The van der Waals surface area contributed by atoms with Gasteiger partial charge in [0.2, 0.25) is 5.91 Å². The second-order valence-corrected chi connectivity index (χ2v) is 20.1. The van der Waals surface area contributed by atoms with E-state index in [1.807, 2.05) is 23.5 Å². The SMILES string of the molecule is CCCOCCOCCOCCN1C(=O)C=CC1=O.O=C(CCCC[C@@H]1SC[C@@H]2NC(=O)N[C@@H]21)CCCOCCOCCNC(=O)CCCC[C@@H]1SC[C@@H]2NC(=O)N[C@@H]21.SCCOCCOCCS. The van der Waals surface area contributed by atoms with Crippen LogP contribution in [0.1, 0.15) is 77.6 Å². The zero-order valence-corrected chi connectivity index (χ0v) is 43.9. The molecule has 0 aliphatic carbocycles. The van der Waals surface area contributed by atoms with E-state index in [1.54, 1.807) is 0 Å². The molecule has 6 atom stereocenters. The highest BCUT2D eigenvalue weighted by atomic mass is 32.2. The van der Waals surface area contributed by atoms with Crippen LogP contribution in [0.3, 0.4) is 0 Å². The van der Waals surface area contributed by atoms with Gasteiger partial charge in [-0.25, -0.2) is 9.59 Å². The quantitative estimate of drug-likeness (QED) is 0.0204. The molecule has 4 fully saturated rings. The van der Waals surface area contributed by atoms with Crippen molar-refractivity contribution in [3.63, 3.8) is 0 Å². The Labute approximate surface area is 428 Å². The molecule has 19 nitrogen and oxygen atoms in total. The van der Waals surface area contributed by atoms with Crippen molar-refractivity contribution in [2.75, 3.05) is 129 Å². The van der Waals surface area contributed by atoms with Gasteiger partial charge in [-0.2, -0.15) is 48.8 Å². The maximum atomic E-state index is 12.1. The van der Waals surface area contributed by atoms with Crippen LogP contribution in [0, 0.1) is 0 Å². The third-order valence-electron chi connectivity index (χ3n) is 11.2. The lowest BCUT2D eigenvalue weighted by molar-refractivity contribution is -0.137. The molecule has 0 radical (unpaired) electrons. The summed E-state index contributed by atoms with van der Waals surface area (Å²) in [6, 6.07) is 0.858. The Morgan fingerprint density at radius 1 is 0.580 bits per heavy atom. The van der Waals surface area contributed by atoms with Crippen LogP contribution in [0.4, 0.5) is 9.59 Å². The predicted molar refractivity (Wildman–Crippen MR) is 275 cm³/mol. The minimum absolute atomic E-state index is 0.0444. The Hall–Kier alpha value is -2.32. The number of carbonyl (C=O) groups excluding carboxylic acids is 6. The Balaban J connectivity index is 0.000000358. The van der Waals surface area contributed by atoms with Crippen LogP contribution in [0.5, 0.6) is 0 Å². The molecule has 5 N–H and O–H groups in total. The standard InChI is InChI=1S/C27H45N5O6S2.C13H21NO5.C6H14O2S2/c33-18(6-1-2-8-21-24-19(16-39-21)29-26(35)31-24)7-5-12-37-14-15-38-13-11-28-23(34)10-4-3-9-22-25-20(17-40-22)30-27(36)32-25;1-2-6-17-8-10-19-11-9-18-7-5-14-12(15)3-4-13(14)16;9-5-3-7-1-2-8-4-6-10/h19-22,24-25H,1-17H2,(H,28,34)(H2,29,31,35)(H2,30,32,36);3-4H,2,5-11H2,1H3;9-10H,1-6H2/t19-,20-,21-,22-,24-,25-;;/m0../s1. The van der Waals surface area contributed by atoms with Crippen LogP contribution >= 0.6 is 48.8 Å². The molecule has 7 amide bonds. The highest BCUT2D eigenvalue weighted by Crippen LogP contribution is 2.34. The number of unbranched alkanes of at least 4 members (excludes halogenated alkanes) is 2. The molecule has 0 bridgehead atoms. The third-order valence-corrected chi connectivity index (χ3v) is 14.6. The molecule has 23 heteroatoms. The van der Waals surface area contributed by atoms with Crippen molar-refractivity contribution in [3.8, 4) is 0 Å². The van der Waals surface area contributed by atoms with Crippen molar-refractivity contribution in [2.45, 2.75) is 112 Å². The van der Waals surface area contributed by atoms with Crippen molar-refractivity contribution in [3.05, 3.63) is 12.2 Å². The highest BCUT2D eigenvalue weighted by molar-refractivity contribution is 8.00. The number of nitrogens with zero attached hydrogens (tertiary/aromatic N) is 1. The summed E-state index contributed by atoms with van der Waals surface area (Å²) < 4.78 is 37.1. The van der Waals surface area contributed by atoms with Gasteiger partial charge in [-0.15, -0.1) is 0 Å². The predicted octanol–water partition coefficient (Wildman–Crippen LogP) is 3.19. The summed E-state index contributed by atoms with van der Waals surface area (Å²) >= 11 is 11.8. The summed E-state index contributed by atoms with van der Waals surface area (Å²) in [4.78, 5) is 70.6. The number of hydrogen-bond acceptors (Lipinski definition) is 17. The Morgan fingerprint density at radius 3 is 1.55 bits per heavy atom. The van der Waals surface area contributed by atoms with E-state index in [-0.39, 0.29) is 66.3 Å². The van der Waals surface area contributed by atoms with Crippen molar-refractivity contribution in [2.24, 2.45) is 0 Å². The number of thioether (sulfide) groups is 2. The van der Waals surface area contributed by atoms with E-state index in [2.05, 4.69) is 58.8 Å².